The first kappa shape index (κ1) is 22.1. The van der Waals surface area contributed by atoms with E-state index in [-0.39, 0.29) is 23.4 Å². The van der Waals surface area contributed by atoms with Gasteiger partial charge >= 0.3 is 0 Å². The number of carbonyl (C=O) groups is 1. The molecule has 1 atom stereocenters. The van der Waals surface area contributed by atoms with Crippen molar-refractivity contribution in [2.45, 2.75) is 45.1 Å². The lowest BCUT2D eigenvalue weighted by molar-refractivity contribution is -0.117. The molecular weight excluding hydrogens is 424 g/mol. The van der Waals surface area contributed by atoms with E-state index in [1.54, 1.807) is 42.6 Å². The summed E-state index contributed by atoms with van der Waals surface area (Å²) in [5, 5.41) is 4.28. The van der Waals surface area contributed by atoms with Crippen molar-refractivity contribution in [1.29, 1.82) is 0 Å². The van der Waals surface area contributed by atoms with Gasteiger partial charge in [0.15, 0.2) is 0 Å². The van der Waals surface area contributed by atoms with E-state index in [0.29, 0.717) is 17.1 Å². The summed E-state index contributed by atoms with van der Waals surface area (Å²) in [6.07, 6.45) is 0.750. The van der Waals surface area contributed by atoms with Gasteiger partial charge in [-0.2, -0.15) is 5.10 Å². The van der Waals surface area contributed by atoms with Gasteiger partial charge in [0.25, 0.3) is 10.0 Å². The molecule has 0 unspecified atom stereocenters. The fraction of sp³-hybridized carbons (Fsp3) is 0.333. The maximum Gasteiger partial charge on any atom is 0.268 e. The third kappa shape index (κ3) is 3.68. The van der Waals surface area contributed by atoms with E-state index in [1.165, 1.54) is 4.31 Å². The van der Waals surface area contributed by atoms with Gasteiger partial charge in [0, 0.05) is 18.8 Å². The van der Waals surface area contributed by atoms with Crippen LogP contribution in [0.5, 0.6) is 0 Å². The van der Waals surface area contributed by atoms with E-state index in [4.69, 9.17) is 0 Å². The van der Waals surface area contributed by atoms with Crippen LogP contribution >= 0.6 is 0 Å². The Hall–Kier alpha value is -3.13. The summed E-state index contributed by atoms with van der Waals surface area (Å²) in [6.45, 7) is 7.02. The Labute approximate surface area is 189 Å². The average molecular weight is 453 g/mol. The summed E-state index contributed by atoms with van der Waals surface area (Å²) in [5.41, 5.74) is 4.35. The van der Waals surface area contributed by atoms with Crippen molar-refractivity contribution in [3.8, 4) is 0 Å². The number of anilines is 2. The summed E-state index contributed by atoms with van der Waals surface area (Å²) in [6, 6.07) is 14.9. The first-order chi connectivity index (χ1) is 15.1. The number of nitrogens with zero attached hydrogens (tertiary/aromatic N) is 4. The van der Waals surface area contributed by atoms with Crippen LogP contribution in [0.1, 0.15) is 29.4 Å². The molecule has 0 aliphatic carbocycles. The second kappa shape index (κ2) is 8.09. The van der Waals surface area contributed by atoms with Crippen molar-refractivity contribution >= 4 is 27.3 Å². The van der Waals surface area contributed by atoms with Gasteiger partial charge in [0.2, 0.25) is 5.91 Å². The topological polar surface area (TPSA) is 75.5 Å². The van der Waals surface area contributed by atoms with Crippen LogP contribution in [0.15, 0.2) is 53.4 Å². The van der Waals surface area contributed by atoms with E-state index in [2.05, 4.69) is 5.10 Å². The number of benzene rings is 2. The minimum atomic E-state index is -4.02. The van der Waals surface area contributed by atoms with Gasteiger partial charge in [0.1, 0.15) is 11.4 Å². The summed E-state index contributed by atoms with van der Waals surface area (Å²) in [5.74, 6) is -0.259. The van der Waals surface area contributed by atoms with Crippen molar-refractivity contribution in [2.24, 2.45) is 7.05 Å². The maximum absolute atomic E-state index is 13.9. The molecule has 0 fully saturated rings. The number of amides is 1. The first-order valence-electron chi connectivity index (χ1n) is 10.6. The van der Waals surface area contributed by atoms with Crippen LogP contribution < -0.4 is 9.21 Å². The number of fused-ring (bicyclic) bond motifs is 1. The lowest BCUT2D eigenvalue weighted by Crippen LogP contribution is -2.45. The normalized spacial score (nSPS) is 15.7. The van der Waals surface area contributed by atoms with Gasteiger partial charge in [-0.3, -0.25) is 13.8 Å². The van der Waals surface area contributed by atoms with Crippen molar-refractivity contribution in [3.63, 3.8) is 0 Å². The molecule has 1 aliphatic heterocycles. The molecule has 1 amide bonds. The third-order valence-electron chi connectivity index (χ3n) is 6.07. The Balaban J connectivity index is 1.77. The Morgan fingerprint density at radius 1 is 1.09 bits per heavy atom. The van der Waals surface area contributed by atoms with Gasteiger partial charge in [0.05, 0.1) is 17.1 Å². The van der Waals surface area contributed by atoms with Gasteiger partial charge < -0.3 is 4.90 Å². The van der Waals surface area contributed by atoms with Crippen molar-refractivity contribution < 1.29 is 13.2 Å². The first-order valence-corrected chi connectivity index (χ1v) is 12.0. The molecule has 1 aromatic heterocycles. The highest BCUT2D eigenvalue weighted by Crippen LogP contribution is 2.33. The number of carbonyl (C=O) groups excluding carboxylic acids is 1. The SMILES string of the molecule is Cc1ccc(N(CC(=O)N2c3ccccc3C[C@H]2C)S(=O)(=O)c2c(C)nn(C)c2C)cc1. The summed E-state index contributed by atoms with van der Waals surface area (Å²) >= 11 is 0. The standard InChI is InChI=1S/C24H28N4O3S/c1-16-10-12-21(13-11-16)27(32(30,31)24-18(3)25-26(5)19(24)4)15-23(29)28-17(2)14-20-8-6-7-9-22(20)28/h6-13,17H,14-15H2,1-5H3/t17-/m1/s1. The third-order valence-corrected chi connectivity index (χ3v) is 8.09. The molecule has 4 rings (SSSR count). The zero-order valence-electron chi connectivity index (χ0n) is 19.0. The van der Waals surface area contributed by atoms with Crippen LogP contribution in [0.25, 0.3) is 0 Å². The molecule has 0 radical (unpaired) electrons. The monoisotopic (exact) mass is 452 g/mol. The average Bonchev–Trinajstić information content (AvgIpc) is 3.21. The quantitative estimate of drug-likeness (QED) is 0.594. The second-order valence-electron chi connectivity index (χ2n) is 8.42. The van der Waals surface area contributed by atoms with Crippen molar-refractivity contribution in [1.82, 2.24) is 9.78 Å². The van der Waals surface area contributed by atoms with Crippen LogP contribution in [-0.2, 0) is 28.3 Å². The predicted octanol–water partition coefficient (Wildman–Crippen LogP) is 3.52. The molecule has 168 valence electrons. The number of para-hydroxylation sites is 1. The van der Waals surface area contributed by atoms with E-state index in [1.807, 2.05) is 50.2 Å². The fourth-order valence-electron chi connectivity index (χ4n) is 4.41. The highest BCUT2D eigenvalue weighted by molar-refractivity contribution is 7.93. The van der Waals surface area contributed by atoms with Crippen molar-refractivity contribution in [2.75, 3.05) is 15.7 Å². The molecule has 1 aliphatic rings. The molecular formula is C24H28N4O3S. The molecule has 2 heterocycles. The second-order valence-corrected chi connectivity index (χ2v) is 10.2. The van der Waals surface area contributed by atoms with E-state index >= 15 is 0 Å². The number of aryl methyl sites for hydroxylation is 3. The summed E-state index contributed by atoms with van der Waals surface area (Å²) in [7, 11) is -2.31. The number of hydrogen-bond donors (Lipinski definition) is 0. The van der Waals surface area contributed by atoms with Gasteiger partial charge in [-0.1, -0.05) is 35.9 Å². The molecule has 32 heavy (non-hydrogen) atoms. The van der Waals surface area contributed by atoms with Crippen LogP contribution in [-0.4, -0.2) is 36.7 Å². The van der Waals surface area contributed by atoms with Gasteiger partial charge in [-0.25, -0.2) is 8.42 Å². The molecule has 0 spiro atoms. The van der Waals surface area contributed by atoms with E-state index in [0.717, 1.165) is 23.2 Å². The summed E-state index contributed by atoms with van der Waals surface area (Å²) in [4.78, 5) is 15.4. The van der Waals surface area contributed by atoms with Gasteiger partial charge in [-0.05, 0) is 57.9 Å². The number of hydrogen-bond acceptors (Lipinski definition) is 4. The Morgan fingerprint density at radius 3 is 2.38 bits per heavy atom. The van der Waals surface area contributed by atoms with Crippen LogP contribution in [0.2, 0.25) is 0 Å². The lowest BCUT2D eigenvalue weighted by atomic mass is 10.1. The highest BCUT2D eigenvalue weighted by Gasteiger charge is 2.36. The zero-order chi connectivity index (χ0) is 23.2. The Bertz CT molecular complexity index is 1280. The van der Waals surface area contributed by atoms with Crippen LogP contribution in [0.4, 0.5) is 11.4 Å². The van der Waals surface area contributed by atoms with E-state index in [9.17, 15) is 13.2 Å². The Morgan fingerprint density at radius 2 is 1.75 bits per heavy atom. The largest absolute Gasteiger partial charge is 0.307 e. The molecule has 0 saturated heterocycles. The van der Waals surface area contributed by atoms with Gasteiger partial charge in [-0.15, -0.1) is 0 Å². The molecule has 3 aromatic rings. The number of sulfonamides is 1. The van der Waals surface area contributed by atoms with Crippen LogP contribution in [0, 0.1) is 20.8 Å². The lowest BCUT2D eigenvalue weighted by Gasteiger charge is -2.29. The van der Waals surface area contributed by atoms with Crippen molar-refractivity contribution in [3.05, 3.63) is 71.0 Å². The highest BCUT2D eigenvalue weighted by atomic mass is 32.2. The molecule has 8 heteroatoms. The maximum atomic E-state index is 13.9. The minimum Gasteiger partial charge on any atom is -0.307 e. The Kier molecular flexibility index (Phi) is 5.58. The number of rotatable bonds is 5. The predicted molar refractivity (Wildman–Crippen MR) is 125 cm³/mol. The van der Waals surface area contributed by atoms with Crippen LogP contribution in [0.3, 0.4) is 0 Å². The molecule has 2 aromatic carbocycles. The molecule has 0 bridgehead atoms. The van der Waals surface area contributed by atoms with E-state index < -0.39 is 10.0 Å². The minimum absolute atomic E-state index is 0.0377. The number of aromatic nitrogens is 2. The fourth-order valence-corrected chi connectivity index (χ4v) is 6.23. The molecule has 0 saturated carbocycles. The molecule has 0 N–H and O–H groups in total. The zero-order valence-corrected chi connectivity index (χ0v) is 19.8. The summed E-state index contributed by atoms with van der Waals surface area (Å²) < 4.78 is 30.5. The molecule has 7 nitrogen and oxygen atoms in total. The smallest absolute Gasteiger partial charge is 0.268 e.